The molecule has 3 atom stereocenters. The predicted octanol–water partition coefficient (Wildman–Crippen LogP) is 4.31. The predicted molar refractivity (Wildman–Crippen MR) is 85.7 cm³/mol. The highest BCUT2D eigenvalue weighted by molar-refractivity contribution is 9.10. The largest absolute Gasteiger partial charge is 0.308 e. The van der Waals surface area contributed by atoms with E-state index in [1.165, 1.54) is 35.8 Å². The smallest absolute Gasteiger partial charge is 0.0701 e. The van der Waals surface area contributed by atoms with Crippen LogP contribution in [0.3, 0.4) is 0 Å². The lowest BCUT2D eigenvalue weighted by Crippen LogP contribution is -2.28. The van der Waals surface area contributed by atoms with Gasteiger partial charge in [-0.15, -0.1) is 0 Å². The first kappa shape index (κ1) is 14.6. The van der Waals surface area contributed by atoms with Crippen molar-refractivity contribution in [3.05, 3.63) is 16.4 Å². The van der Waals surface area contributed by atoms with Crippen molar-refractivity contribution < 1.29 is 0 Å². The van der Waals surface area contributed by atoms with Crippen molar-refractivity contribution in [2.75, 3.05) is 6.54 Å². The van der Waals surface area contributed by atoms with Crippen molar-refractivity contribution in [2.24, 2.45) is 17.8 Å². The van der Waals surface area contributed by atoms with Crippen LogP contribution in [0.4, 0.5) is 0 Å². The molecule has 3 unspecified atom stereocenters. The summed E-state index contributed by atoms with van der Waals surface area (Å²) in [7, 11) is 0. The maximum atomic E-state index is 4.58. The molecule has 2 aliphatic rings. The monoisotopic (exact) mass is 339 g/mol. The molecule has 112 valence electrons. The third kappa shape index (κ3) is 2.45. The molecule has 1 aromatic heterocycles. The van der Waals surface area contributed by atoms with Crippen LogP contribution in [0, 0.1) is 17.8 Å². The minimum Gasteiger partial charge on any atom is -0.308 e. The molecule has 0 spiro atoms. The molecular weight excluding hydrogens is 314 g/mol. The number of nitrogens with one attached hydrogen (secondary N) is 1. The van der Waals surface area contributed by atoms with Crippen LogP contribution in [0.25, 0.3) is 0 Å². The zero-order valence-electron chi connectivity index (χ0n) is 12.8. The van der Waals surface area contributed by atoms with Gasteiger partial charge < -0.3 is 5.32 Å². The van der Waals surface area contributed by atoms with Crippen molar-refractivity contribution >= 4 is 15.9 Å². The first-order valence-corrected chi connectivity index (χ1v) is 8.90. The van der Waals surface area contributed by atoms with Gasteiger partial charge in [0.25, 0.3) is 0 Å². The van der Waals surface area contributed by atoms with Crippen LogP contribution in [-0.4, -0.2) is 16.3 Å². The highest BCUT2D eigenvalue weighted by atomic mass is 79.9. The Bertz CT molecular complexity index is 458. The fraction of sp³-hybridized carbons (Fsp3) is 0.812. The standard InChI is InChI=1S/C16H26BrN3/c1-4-8-18-15(14-11-6-5-7-12(11)14)16-13(17)9-19-20(16)10(2)3/h9-12,14-15,18H,4-8H2,1-3H3. The molecule has 1 N–H and O–H groups in total. The van der Waals surface area contributed by atoms with Crippen LogP contribution in [0.15, 0.2) is 10.7 Å². The maximum Gasteiger partial charge on any atom is 0.0701 e. The zero-order valence-corrected chi connectivity index (χ0v) is 14.4. The van der Waals surface area contributed by atoms with Gasteiger partial charge in [-0.1, -0.05) is 13.3 Å². The van der Waals surface area contributed by atoms with Gasteiger partial charge in [-0.3, -0.25) is 4.68 Å². The molecule has 3 nitrogen and oxygen atoms in total. The fourth-order valence-corrected chi connectivity index (χ4v) is 4.66. The number of hydrogen-bond donors (Lipinski definition) is 1. The maximum absolute atomic E-state index is 4.58. The van der Waals surface area contributed by atoms with Crippen LogP contribution < -0.4 is 5.32 Å². The van der Waals surface area contributed by atoms with Crippen LogP contribution >= 0.6 is 15.9 Å². The van der Waals surface area contributed by atoms with E-state index >= 15 is 0 Å². The Labute approximate surface area is 130 Å². The molecule has 0 aliphatic heterocycles. The fourth-order valence-electron chi connectivity index (χ4n) is 4.14. The summed E-state index contributed by atoms with van der Waals surface area (Å²) in [5.41, 5.74) is 1.37. The van der Waals surface area contributed by atoms with Crippen molar-refractivity contribution in [1.82, 2.24) is 15.1 Å². The number of hydrogen-bond acceptors (Lipinski definition) is 2. The molecule has 3 rings (SSSR count). The van der Waals surface area contributed by atoms with E-state index in [0.717, 1.165) is 24.3 Å². The second-order valence-electron chi connectivity index (χ2n) is 6.68. The Hall–Kier alpha value is -0.350. The van der Waals surface area contributed by atoms with E-state index in [0.29, 0.717) is 12.1 Å². The van der Waals surface area contributed by atoms with Gasteiger partial charge in [0.05, 0.1) is 22.4 Å². The molecule has 4 heteroatoms. The van der Waals surface area contributed by atoms with Gasteiger partial charge in [0.15, 0.2) is 0 Å². The minimum atomic E-state index is 0.417. The molecule has 2 saturated carbocycles. The van der Waals surface area contributed by atoms with Crippen LogP contribution in [0.1, 0.15) is 64.2 Å². The van der Waals surface area contributed by atoms with E-state index in [1.54, 1.807) is 0 Å². The van der Waals surface area contributed by atoms with E-state index < -0.39 is 0 Å². The van der Waals surface area contributed by atoms with E-state index in [9.17, 15) is 0 Å². The van der Waals surface area contributed by atoms with Crippen molar-refractivity contribution in [3.8, 4) is 0 Å². The molecular formula is C16H26BrN3. The molecule has 20 heavy (non-hydrogen) atoms. The van der Waals surface area contributed by atoms with Gasteiger partial charge in [-0.2, -0.15) is 5.10 Å². The third-order valence-corrected chi connectivity index (χ3v) is 5.65. The number of nitrogens with zero attached hydrogens (tertiary/aromatic N) is 2. The van der Waals surface area contributed by atoms with Crippen LogP contribution in [0.5, 0.6) is 0 Å². The van der Waals surface area contributed by atoms with Gasteiger partial charge in [0.2, 0.25) is 0 Å². The molecule has 2 aliphatic carbocycles. The summed E-state index contributed by atoms with van der Waals surface area (Å²) in [6.45, 7) is 7.77. The van der Waals surface area contributed by atoms with Gasteiger partial charge in [0.1, 0.15) is 0 Å². The second-order valence-corrected chi connectivity index (χ2v) is 7.54. The Morgan fingerprint density at radius 1 is 1.40 bits per heavy atom. The molecule has 0 bridgehead atoms. The molecule has 1 heterocycles. The van der Waals surface area contributed by atoms with Crippen LogP contribution in [0.2, 0.25) is 0 Å². The van der Waals surface area contributed by atoms with Gasteiger partial charge in [-0.25, -0.2) is 0 Å². The third-order valence-electron chi connectivity index (χ3n) is 5.04. The SMILES string of the molecule is CCCNC(c1c(Br)cnn1C(C)C)C1C2CCCC21. The minimum absolute atomic E-state index is 0.417. The summed E-state index contributed by atoms with van der Waals surface area (Å²) in [4.78, 5) is 0. The van der Waals surface area contributed by atoms with E-state index in [2.05, 4.69) is 51.8 Å². The van der Waals surface area contributed by atoms with E-state index in [1.807, 2.05) is 6.20 Å². The summed E-state index contributed by atoms with van der Waals surface area (Å²) in [6, 6.07) is 0.894. The summed E-state index contributed by atoms with van der Waals surface area (Å²) >= 11 is 3.73. The first-order chi connectivity index (χ1) is 9.65. The zero-order chi connectivity index (χ0) is 14.3. The Morgan fingerprint density at radius 2 is 2.10 bits per heavy atom. The molecule has 0 amide bonds. The van der Waals surface area contributed by atoms with Crippen molar-refractivity contribution in [1.29, 1.82) is 0 Å². The Balaban J connectivity index is 1.87. The molecule has 0 radical (unpaired) electrons. The van der Waals surface area contributed by atoms with Gasteiger partial charge in [-0.05, 0) is 73.3 Å². The van der Waals surface area contributed by atoms with E-state index in [4.69, 9.17) is 0 Å². The highest BCUT2D eigenvalue weighted by Gasteiger charge is 2.56. The van der Waals surface area contributed by atoms with Gasteiger partial charge in [0, 0.05) is 6.04 Å². The van der Waals surface area contributed by atoms with Crippen molar-refractivity contribution in [2.45, 2.75) is 58.5 Å². The Morgan fingerprint density at radius 3 is 2.70 bits per heavy atom. The lowest BCUT2D eigenvalue weighted by molar-refractivity contribution is 0.376. The second kappa shape index (κ2) is 5.80. The number of halogens is 1. The van der Waals surface area contributed by atoms with Crippen LogP contribution in [-0.2, 0) is 0 Å². The topological polar surface area (TPSA) is 29.9 Å². The quantitative estimate of drug-likeness (QED) is 0.836. The lowest BCUT2D eigenvalue weighted by Gasteiger charge is -2.24. The number of fused-ring (bicyclic) bond motifs is 1. The molecule has 2 fully saturated rings. The summed E-state index contributed by atoms with van der Waals surface area (Å²) in [5, 5.41) is 8.39. The van der Waals surface area contributed by atoms with Gasteiger partial charge >= 0.3 is 0 Å². The Kier molecular flexibility index (Phi) is 4.23. The normalized spacial score (nSPS) is 29.8. The average molecular weight is 340 g/mol. The average Bonchev–Trinajstić information content (AvgIpc) is 2.79. The number of rotatable bonds is 6. The molecule has 0 saturated heterocycles. The highest BCUT2D eigenvalue weighted by Crippen LogP contribution is 2.62. The summed E-state index contributed by atoms with van der Waals surface area (Å²) in [5.74, 6) is 2.76. The first-order valence-electron chi connectivity index (χ1n) is 8.11. The number of aromatic nitrogens is 2. The van der Waals surface area contributed by atoms with Crippen molar-refractivity contribution in [3.63, 3.8) is 0 Å². The van der Waals surface area contributed by atoms with E-state index in [-0.39, 0.29) is 0 Å². The molecule has 1 aromatic rings. The lowest BCUT2D eigenvalue weighted by atomic mass is 10.0. The summed E-state index contributed by atoms with van der Waals surface area (Å²) in [6.07, 6.45) is 7.47. The summed E-state index contributed by atoms with van der Waals surface area (Å²) < 4.78 is 3.37. The molecule has 0 aromatic carbocycles.